The largest absolute Gasteiger partial charge is 0.493 e. The van der Waals surface area contributed by atoms with E-state index in [9.17, 15) is 9.59 Å². The van der Waals surface area contributed by atoms with E-state index in [1.165, 1.54) is 13.2 Å². The van der Waals surface area contributed by atoms with E-state index >= 15 is 0 Å². The van der Waals surface area contributed by atoms with Crippen molar-refractivity contribution in [1.82, 2.24) is 5.32 Å². The van der Waals surface area contributed by atoms with Crippen molar-refractivity contribution in [2.24, 2.45) is 5.92 Å². The summed E-state index contributed by atoms with van der Waals surface area (Å²) in [5, 5.41) is 2.85. The van der Waals surface area contributed by atoms with Gasteiger partial charge in [-0.15, -0.1) is 0 Å². The molecule has 0 aromatic heterocycles. The molecule has 1 spiro atoms. The number of carbonyl (C=O) groups excluding carboxylic acids is 2. The standard InChI is InChI=1S/C17H19NO4/c1-21-15(19)7-4-9-18-16(20)13-11-17(13)8-10-22-14-6-3-2-5-12(14)17/h2-7,13H,8-11H2,1H3,(H,18,20)/b7-4+. The second-order valence-corrected chi connectivity index (χ2v) is 5.68. The van der Waals surface area contributed by atoms with E-state index in [2.05, 4.69) is 16.1 Å². The lowest BCUT2D eigenvalue weighted by molar-refractivity contribution is -0.134. The fourth-order valence-electron chi connectivity index (χ4n) is 3.21. The monoisotopic (exact) mass is 301 g/mol. The summed E-state index contributed by atoms with van der Waals surface area (Å²) in [6.45, 7) is 0.988. The third kappa shape index (κ3) is 2.58. The number of hydrogen-bond acceptors (Lipinski definition) is 4. The summed E-state index contributed by atoms with van der Waals surface area (Å²) in [5.74, 6) is 0.500. The number of rotatable bonds is 4. The Morgan fingerprint density at radius 1 is 1.45 bits per heavy atom. The molecule has 2 unspecified atom stereocenters. The van der Waals surface area contributed by atoms with Gasteiger partial charge in [0.05, 0.1) is 13.7 Å². The molecule has 5 heteroatoms. The SMILES string of the molecule is COC(=O)/C=C/CNC(=O)C1CC12CCOc1ccccc12. The van der Waals surface area contributed by atoms with E-state index in [1.807, 2.05) is 18.2 Å². The molecule has 0 radical (unpaired) electrons. The van der Waals surface area contributed by atoms with Gasteiger partial charge < -0.3 is 14.8 Å². The van der Waals surface area contributed by atoms with Crippen LogP contribution in [0.25, 0.3) is 0 Å². The number of amides is 1. The first kappa shape index (κ1) is 14.6. The number of para-hydroxylation sites is 1. The minimum Gasteiger partial charge on any atom is -0.493 e. The van der Waals surface area contributed by atoms with E-state index < -0.39 is 5.97 Å². The third-order valence-electron chi connectivity index (χ3n) is 4.47. The molecule has 22 heavy (non-hydrogen) atoms. The highest BCUT2D eigenvalue weighted by Gasteiger charge is 2.60. The minimum absolute atomic E-state index is 0.0101. The Bertz CT molecular complexity index is 625. The molecule has 5 nitrogen and oxygen atoms in total. The number of nitrogens with one attached hydrogen (secondary N) is 1. The molecule has 116 valence electrons. The zero-order chi connectivity index (χ0) is 15.6. The van der Waals surface area contributed by atoms with Crippen LogP contribution in [0, 0.1) is 5.92 Å². The highest BCUT2D eigenvalue weighted by molar-refractivity contribution is 5.85. The van der Waals surface area contributed by atoms with E-state index in [0.717, 1.165) is 24.2 Å². The van der Waals surface area contributed by atoms with Gasteiger partial charge in [0.1, 0.15) is 5.75 Å². The van der Waals surface area contributed by atoms with Crippen molar-refractivity contribution >= 4 is 11.9 Å². The fourth-order valence-corrected chi connectivity index (χ4v) is 3.21. The summed E-state index contributed by atoms with van der Waals surface area (Å²) in [6.07, 6.45) is 4.64. The van der Waals surface area contributed by atoms with Crippen molar-refractivity contribution in [3.8, 4) is 5.75 Å². The van der Waals surface area contributed by atoms with Crippen LogP contribution in [0.1, 0.15) is 18.4 Å². The molecule has 1 aromatic carbocycles. The maximum Gasteiger partial charge on any atom is 0.330 e. The number of hydrogen-bond donors (Lipinski definition) is 1. The first-order valence-electron chi connectivity index (χ1n) is 7.42. The minimum atomic E-state index is -0.421. The molecule has 1 saturated carbocycles. The second-order valence-electron chi connectivity index (χ2n) is 5.68. The van der Waals surface area contributed by atoms with Crippen molar-refractivity contribution in [2.75, 3.05) is 20.3 Å². The normalized spacial score (nSPS) is 25.4. The summed E-state index contributed by atoms with van der Waals surface area (Å²) < 4.78 is 10.2. The molecule has 0 bridgehead atoms. The quantitative estimate of drug-likeness (QED) is 0.677. The lowest BCUT2D eigenvalue weighted by atomic mass is 9.87. The summed E-state index contributed by atoms with van der Waals surface area (Å²) in [6, 6.07) is 7.95. The first-order chi connectivity index (χ1) is 10.7. The fraction of sp³-hybridized carbons (Fsp3) is 0.412. The lowest BCUT2D eigenvalue weighted by Gasteiger charge is -2.26. The number of carbonyl (C=O) groups is 2. The van der Waals surface area contributed by atoms with Gasteiger partial charge >= 0.3 is 5.97 Å². The Hall–Kier alpha value is -2.30. The molecule has 1 fully saturated rings. The van der Waals surface area contributed by atoms with Crippen LogP contribution >= 0.6 is 0 Å². The van der Waals surface area contributed by atoms with Crippen LogP contribution < -0.4 is 10.1 Å². The van der Waals surface area contributed by atoms with Crippen LogP contribution in [-0.2, 0) is 19.7 Å². The molecule has 3 rings (SSSR count). The van der Waals surface area contributed by atoms with Gasteiger partial charge in [0.25, 0.3) is 0 Å². The van der Waals surface area contributed by atoms with Crippen LogP contribution in [0.4, 0.5) is 0 Å². The molecule has 2 atom stereocenters. The van der Waals surface area contributed by atoms with Gasteiger partial charge in [-0.2, -0.15) is 0 Å². The maximum atomic E-state index is 12.3. The highest BCUT2D eigenvalue weighted by Crippen LogP contribution is 2.60. The number of esters is 1. The van der Waals surface area contributed by atoms with Crippen molar-refractivity contribution < 1.29 is 19.1 Å². The van der Waals surface area contributed by atoms with Crippen LogP contribution in [-0.4, -0.2) is 32.1 Å². The number of ether oxygens (including phenoxy) is 2. The summed E-state index contributed by atoms with van der Waals surface area (Å²) in [7, 11) is 1.32. The molecule has 1 heterocycles. The van der Waals surface area contributed by atoms with Crippen LogP contribution in [0.2, 0.25) is 0 Å². The smallest absolute Gasteiger partial charge is 0.330 e. The van der Waals surface area contributed by atoms with Crippen molar-refractivity contribution in [2.45, 2.75) is 18.3 Å². The van der Waals surface area contributed by atoms with Gasteiger partial charge in [0, 0.05) is 29.5 Å². The van der Waals surface area contributed by atoms with E-state index in [1.54, 1.807) is 6.08 Å². The molecule has 1 amide bonds. The first-order valence-corrected chi connectivity index (χ1v) is 7.42. The van der Waals surface area contributed by atoms with Gasteiger partial charge in [0.2, 0.25) is 5.91 Å². The summed E-state index contributed by atoms with van der Waals surface area (Å²) >= 11 is 0. The zero-order valence-corrected chi connectivity index (χ0v) is 12.5. The Morgan fingerprint density at radius 3 is 3.09 bits per heavy atom. The highest BCUT2D eigenvalue weighted by atomic mass is 16.5. The van der Waals surface area contributed by atoms with Crippen LogP contribution in [0.5, 0.6) is 5.75 Å². The zero-order valence-electron chi connectivity index (χ0n) is 12.5. The van der Waals surface area contributed by atoms with Crippen molar-refractivity contribution in [3.05, 3.63) is 42.0 Å². The predicted octanol–water partition coefficient (Wildman–Crippen LogP) is 1.57. The van der Waals surface area contributed by atoms with Gasteiger partial charge in [0.15, 0.2) is 0 Å². The van der Waals surface area contributed by atoms with Crippen LogP contribution in [0.3, 0.4) is 0 Å². The molecule has 1 aliphatic carbocycles. The van der Waals surface area contributed by atoms with E-state index in [0.29, 0.717) is 13.2 Å². The Labute approximate surface area is 129 Å². The average molecular weight is 301 g/mol. The van der Waals surface area contributed by atoms with E-state index in [-0.39, 0.29) is 17.2 Å². The number of benzene rings is 1. The number of methoxy groups -OCH3 is 1. The van der Waals surface area contributed by atoms with Gasteiger partial charge in [-0.3, -0.25) is 4.79 Å². The van der Waals surface area contributed by atoms with Crippen molar-refractivity contribution in [3.63, 3.8) is 0 Å². The summed E-state index contributed by atoms with van der Waals surface area (Å²) in [5.41, 5.74) is 1.08. The molecular weight excluding hydrogens is 282 g/mol. The predicted molar refractivity (Wildman–Crippen MR) is 80.5 cm³/mol. The lowest BCUT2D eigenvalue weighted by Crippen LogP contribution is -2.31. The average Bonchev–Trinajstić information content (AvgIpc) is 3.26. The maximum absolute atomic E-state index is 12.3. The molecule has 0 saturated heterocycles. The second kappa shape index (κ2) is 5.83. The summed E-state index contributed by atoms with van der Waals surface area (Å²) in [4.78, 5) is 23.2. The van der Waals surface area contributed by atoms with Crippen LogP contribution in [0.15, 0.2) is 36.4 Å². The third-order valence-corrected chi connectivity index (χ3v) is 4.47. The molecule has 1 aliphatic heterocycles. The van der Waals surface area contributed by atoms with E-state index in [4.69, 9.17) is 4.74 Å². The topological polar surface area (TPSA) is 64.6 Å². The Morgan fingerprint density at radius 2 is 2.27 bits per heavy atom. The van der Waals surface area contributed by atoms with Gasteiger partial charge in [-0.05, 0) is 18.9 Å². The van der Waals surface area contributed by atoms with Crippen molar-refractivity contribution in [1.29, 1.82) is 0 Å². The molecule has 2 aliphatic rings. The molecular formula is C17H19NO4. The Balaban J connectivity index is 1.61. The molecule has 1 N–H and O–H groups in total. The van der Waals surface area contributed by atoms with Gasteiger partial charge in [-0.1, -0.05) is 24.3 Å². The Kier molecular flexibility index (Phi) is 3.88. The molecule has 1 aromatic rings. The number of fused-ring (bicyclic) bond motifs is 2. The van der Waals surface area contributed by atoms with Gasteiger partial charge in [-0.25, -0.2) is 4.79 Å².